The summed E-state index contributed by atoms with van der Waals surface area (Å²) >= 11 is 6.15. The van der Waals surface area contributed by atoms with E-state index in [0.29, 0.717) is 11.4 Å². The molecule has 0 aliphatic heterocycles. The number of para-hydroxylation sites is 1. The zero-order valence-electron chi connectivity index (χ0n) is 15.1. The molecule has 0 heterocycles. The molecule has 140 valence electrons. The highest BCUT2D eigenvalue weighted by atomic mass is 35.5. The predicted molar refractivity (Wildman–Crippen MR) is 110 cm³/mol. The van der Waals surface area contributed by atoms with Crippen molar-refractivity contribution in [2.75, 3.05) is 18.0 Å². The summed E-state index contributed by atoms with van der Waals surface area (Å²) in [4.78, 5) is 0.123. The zero-order chi connectivity index (χ0) is 19.4. The Bertz CT molecular complexity index is 1040. The van der Waals surface area contributed by atoms with Crippen molar-refractivity contribution in [2.45, 2.75) is 11.8 Å². The van der Waals surface area contributed by atoms with Crippen LogP contribution in [0.25, 0.3) is 11.1 Å². The van der Waals surface area contributed by atoms with E-state index in [1.165, 1.54) is 23.5 Å². The average molecular weight is 402 g/mol. The molecule has 0 spiro atoms. The van der Waals surface area contributed by atoms with Crippen LogP contribution in [0.3, 0.4) is 0 Å². The second-order valence-electron chi connectivity index (χ2n) is 5.85. The first-order chi connectivity index (χ1) is 13.0. The minimum Gasteiger partial charge on any atom is -0.495 e. The number of ether oxygens (including phenoxy) is 1. The molecule has 0 N–H and O–H groups in total. The molecule has 0 aromatic heterocycles. The van der Waals surface area contributed by atoms with Crippen LogP contribution in [0.5, 0.6) is 5.75 Å². The quantitative estimate of drug-likeness (QED) is 0.568. The third-order valence-electron chi connectivity index (χ3n) is 4.26. The standard InChI is InChI=1S/C21H20ClNO3S/c1-3-23(27(24,25)17-13-14-21(26-2)19(22)15-17)20-12-8-7-11-18(20)16-9-5-4-6-10-16/h4-15H,3H2,1-2H3. The van der Waals surface area contributed by atoms with Gasteiger partial charge in [-0.1, -0.05) is 60.1 Å². The maximum Gasteiger partial charge on any atom is 0.264 e. The molecule has 0 bridgehead atoms. The Labute approximate surface area is 165 Å². The summed E-state index contributed by atoms with van der Waals surface area (Å²) < 4.78 is 33.2. The van der Waals surface area contributed by atoms with Gasteiger partial charge < -0.3 is 4.74 Å². The summed E-state index contributed by atoms with van der Waals surface area (Å²) in [7, 11) is -2.30. The molecule has 0 atom stereocenters. The molecule has 3 rings (SSSR count). The number of benzene rings is 3. The molecule has 0 unspecified atom stereocenters. The lowest BCUT2D eigenvalue weighted by molar-refractivity contribution is 0.414. The Kier molecular flexibility index (Phi) is 5.73. The zero-order valence-corrected chi connectivity index (χ0v) is 16.7. The van der Waals surface area contributed by atoms with Crippen LogP contribution in [0.1, 0.15) is 6.92 Å². The minimum absolute atomic E-state index is 0.123. The fourth-order valence-electron chi connectivity index (χ4n) is 2.96. The van der Waals surface area contributed by atoms with Gasteiger partial charge in [0.15, 0.2) is 0 Å². The molecular formula is C21H20ClNO3S. The van der Waals surface area contributed by atoms with Crippen LogP contribution >= 0.6 is 11.6 Å². The molecule has 0 saturated carbocycles. The number of methoxy groups -OCH3 is 1. The third-order valence-corrected chi connectivity index (χ3v) is 6.44. The lowest BCUT2D eigenvalue weighted by Gasteiger charge is -2.25. The van der Waals surface area contributed by atoms with Gasteiger partial charge in [-0.2, -0.15) is 0 Å². The number of anilines is 1. The second-order valence-corrected chi connectivity index (χ2v) is 8.12. The van der Waals surface area contributed by atoms with Crippen molar-refractivity contribution < 1.29 is 13.2 Å². The number of halogens is 1. The van der Waals surface area contributed by atoms with E-state index in [1.54, 1.807) is 6.07 Å². The first-order valence-electron chi connectivity index (χ1n) is 8.49. The number of hydrogen-bond acceptors (Lipinski definition) is 3. The van der Waals surface area contributed by atoms with Crippen molar-refractivity contribution in [1.29, 1.82) is 0 Å². The molecule has 4 nitrogen and oxygen atoms in total. The summed E-state index contributed by atoms with van der Waals surface area (Å²) in [6, 6.07) is 21.7. The smallest absolute Gasteiger partial charge is 0.264 e. The van der Waals surface area contributed by atoms with Gasteiger partial charge in [0.2, 0.25) is 0 Å². The predicted octanol–water partition coefficient (Wildman–Crippen LogP) is 5.23. The van der Waals surface area contributed by atoms with Crippen molar-refractivity contribution in [3.8, 4) is 16.9 Å². The summed E-state index contributed by atoms with van der Waals surface area (Å²) in [5, 5.41) is 0.256. The highest BCUT2D eigenvalue weighted by Crippen LogP contribution is 2.35. The molecule has 0 fully saturated rings. The molecule has 3 aromatic rings. The Morgan fingerprint density at radius 2 is 1.63 bits per heavy atom. The lowest BCUT2D eigenvalue weighted by atomic mass is 10.0. The molecule has 3 aromatic carbocycles. The van der Waals surface area contributed by atoms with Crippen LogP contribution in [0.4, 0.5) is 5.69 Å². The van der Waals surface area contributed by atoms with E-state index in [2.05, 4.69) is 0 Å². The first-order valence-corrected chi connectivity index (χ1v) is 10.3. The summed E-state index contributed by atoms with van der Waals surface area (Å²) in [6.07, 6.45) is 0. The van der Waals surface area contributed by atoms with E-state index >= 15 is 0 Å². The van der Waals surface area contributed by atoms with E-state index < -0.39 is 10.0 Å². The molecule has 0 saturated heterocycles. The molecule has 27 heavy (non-hydrogen) atoms. The molecule has 6 heteroatoms. The average Bonchev–Trinajstić information content (AvgIpc) is 2.69. The monoisotopic (exact) mass is 401 g/mol. The number of nitrogens with zero attached hydrogens (tertiary/aromatic N) is 1. The van der Waals surface area contributed by atoms with Crippen LogP contribution in [0, 0.1) is 0 Å². The Balaban J connectivity index is 2.12. The lowest BCUT2D eigenvalue weighted by Crippen LogP contribution is -2.31. The van der Waals surface area contributed by atoms with Gasteiger partial charge in [-0.05, 0) is 36.8 Å². The fourth-order valence-corrected chi connectivity index (χ4v) is 4.80. The number of rotatable bonds is 6. The van der Waals surface area contributed by atoms with Crippen LogP contribution in [0.15, 0.2) is 77.7 Å². The second kappa shape index (κ2) is 8.03. The number of sulfonamides is 1. The maximum absolute atomic E-state index is 13.3. The topological polar surface area (TPSA) is 46.6 Å². The Morgan fingerprint density at radius 1 is 0.963 bits per heavy atom. The summed E-state index contributed by atoms with van der Waals surface area (Å²) in [5.41, 5.74) is 2.43. The van der Waals surface area contributed by atoms with E-state index in [-0.39, 0.29) is 16.5 Å². The Hall–Kier alpha value is -2.50. The van der Waals surface area contributed by atoms with Crippen LogP contribution in [-0.2, 0) is 10.0 Å². The SMILES string of the molecule is CCN(c1ccccc1-c1ccccc1)S(=O)(=O)c1ccc(OC)c(Cl)c1. The molecular weight excluding hydrogens is 382 g/mol. The van der Waals surface area contributed by atoms with Gasteiger partial charge in [-0.25, -0.2) is 8.42 Å². The summed E-state index contributed by atoms with van der Waals surface area (Å²) in [6.45, 7) is 2.10. The van der Waals surface area contributed by atoms with Crippen molar-refractivity contribution in [3.63, 3.8) is 0 Å². The van der Waals surface area contributed by atoms with Gasteiger partial charge in [0.1, 0.15) is 5.75 Å². The molecule has 0 radical (unpaired) electrons. The van der Waals surface area contributed by atoms with Crippen molar-refractivity contribution in [2.24, 2.45) is 0 Å². The number of hydrogen-bond donors (Lipinski definition) is 0. The van der Waals surface area contributed by atoms with Crippen LogP contribution in [-0.4, -0.2) is 22.1 Å². The minimum atomic E-state index is -3.79. The molecule has 0 aliphatic rings. The maximum atomic E-state index is 13.3. The van der Waals surface area contributed by atoms with Gasteiger partial charge in [0.25, 0.3) is 10.0 Å². The first kappa shape index (κ1) is 19.3. The highest BCUT2D eigenvalue weighted by Gasteiger charge is 2.26. The van der Waals surface area contributed by atoms with Crippen molar-refractivity contribution in [3.05, 3.63) is 77.8 Å². The molecule has 0 aliphatic carbocycles. The van der Waals surface area contributed by atoms with Gasteiger partial charge in [-0.15, -0.1) is 0 Å². The van der Waals surface area contributed by atoms with Crippen molar-refractivity contribution >= 4 is 27.3 Å². The van der Waals surface area contributed by atoms with E-state index in [0.717, 1.165) is 11.1 Å². The Morgan fingerprint density at radius 3 is 2.26 bits per heavy atom. The van der Waals surface area contributed by atoms with Gasteiger partial charge in [-0.3, -0.25) is 4.31 Å². The normalized spacial score (nSPS) is 11.2. The third kappa shape index (κ3) is 3.80. The summed E-state index contributed by atoms with van der Waals surface area (Å²) in [5.74, 6) is 0.434. The van der Waals surface area contributed by atoms with Crippen LogP contribution in [0.2, 0.25) is 5.02 Å². The molecule has 0 amide bonds. The van der Waals surface area contributed by atoms with Crippen LogP contribution < -0.4 is 9.04 Å². The fraction of sp³-hybridized carbons (Fsp3) is 0.143. The van der Waals surface area contributed by atoms with Gasteiger partial charge in [0, 0.05) is 12.1 Å². The van der Waals surface area contributed by atoms with E-state index in [4.69, 9.17) is 16.3 Å². The largest absolute Gasteiger partial charge is 0.495 e. The van der Waals surface area contributed by atoms with E-state index in [9.17, 15) is 8.42 Å². The van der Waals surface area contributed by atoms with Gasteiger partial charge in [0.05, 0.1) is 22.7 Å². The highest BCUT2D eigenvalue weighted by molar-refractivity contribution is 7.92. The van der Waals surface area contributed by atoms with Crippen molar-refractivity contribution in [1.82, 2.24) is 0 Å². The van der Waals surface area contributed by atoms with E-state index in [1.807, 2.05) is 61.5 Å². The van der Waals surface area contributed by atoms with Gasteiger partial charge >= 0.3 is 0 Å².